The minimum Gasteiger partial charge on any atom is -0.353 e. The van der Waals surface area contributed by atoms with Crippen molar-refractivity contribution in [3.8, 4) is 0 Å². The van der Waals surface area contributed by atoms with Crippen molar-refractivity contribution >= 4 is 5.91 Å². The number of carbonyl (C=O) groups is 1. The van der Waals surface area contributed by atoms with Crippen LogP contribution in [0, 0.1) is 6.92 Å². The molecule has 1 aromatic rings. The predicted octanol–water partition coefficient (Wildman–Crippen LogP) is 2.10. The van der Waals surface area contributed by atoms with Crippen molar-refractivity contribution < 1.29 is 4.79 Å². The van der Waals surface area contributed by atoms with Crippen LogP contribution in [-0.2, 0) is 11.2 Å². The van der Waals surface area contributed by atoms with Crippen LogP contribution in [0.15, 0.2) is 6.07 Å². The van der Waals surface area contributed by atoms with Crippen LogP contribution in [0.1, 0.15) is 49.9 Å². The zero-order valence-electron chi connectivity index (χ0n) is 10.5. The second-order valence-corrected chi connectivity index (χ2v) is 4.98. The van der Waals surface area contributed by atoms with Crippen LogP contribution in [0.5, 0.6) is 0 Å². The van der Waals surface area contributed by atoms with E-state index in [0.717, 1.165) is 24.2 Å². The quantitative estimate of drug-likeness (QED) is 0.788. The molecule has 1 aliphatic rings. The monoisotopic (exact) mass is 235 g/mol. The highest BCUT2D eigenvalue weighted by Gasteiger charge is 2.15. The van der Waals surface area contributed by atoms with Crippen LogP contribution in [-0.4, -0.2) is 22.1 Å². The van der Waals surface area contributed by atoms with Crippen molar-refractivity contribution in [2.45, 2.75) is 57.9 Å². The Labute approximate surface area is 102 Å². The Morgan fingerprint density at radius 2 is 2.12 bits per heavy atom. The number of amides is 1. The van der Waals surface area contributed by atoms with Gasteiger partial charge < -0.3 is 5.32 Å². The van der Waals surface area contributed by atoms with Crippen molar-refractivity contribution in [3.05, 3.63) is 17.5 Å². The molecule has 4 heteroatoms. The smallest absolute Gasteiger partial charge is 0.226 e. The first-order valence-corrected chi connectivity index (χ1v) is 6.54. The minimum atomic E-state index is 0.100. The maximum atomic E-state index is 11.8. The van der Waals surface area contributed by atoms with E-state index in [4.69, 9.17) is 0 Å². The molecule has 1 aromatic heterocycles. The SMILES string of the molecule is Cc1cc(CC(=O)NC2CCCCCC2)n[nH]1. The first-order chi connectivity index (χ1) is 8.24. The lowest BCUT2D eigenvalue weighted by Gasteiger charge is -2.15. The molecule has 0 aliphatic heterocycles. The third kappa shape index (κ3) is 3.88. The maximum absolute atomic E-state index is 11.8. The largest absolute Gasteiger partial charge is 0.353 e. The summed E-state index contributed by atoms with van der Waals surface area (Å²) in [6, 6.07) is 2.30. The van der Waals surface area contributed by atoms with Crippen molar-refractivity contribution in [2.75, 3.05) is 0 Å². The Hall–Kier alpha value is -1.32. The fourth-order valence-electron chi connectivity index (χ4n) is 2.43. The van der Waals surface area contributed by atoms with Crippen molar-refractivity contribution in [1.29, 1.82) is 0 Å². The zero-order valence-corrected chi connectivity index (χ0v) is 10.5. The molecule has 17 heavy (non-hydrogen) atoms. The Morgan fingerprint density at radius 1 is 1.41 bits per heavy atom. The summed E-state index contributed by atoms with van der Waals surface area (Å²) < 4.78 is 0. The van der Waals surface area contributed by atoms with Gasteiger partial charge in [0.2, 0.25) is 5.91 Å². The molecule has 1 amide bonds. The maximum Gasteiger partial charge on any atom is 0.226 e. The fourth-order valence-corrected chi connectivity index (χ4v) is 2.43. The molecule has 0 bridgehead atoms. The van der Waals surface area contributed by atoms with Gasteiger partial charge >= 0.3 is 0 Å². The van der Waals surface area contributed by atoms with E-state index in [2.05, 4.69) is 15.5 Å². The molecule has 2 rings (SSSR count). The molecule has 1 fully saturated rings. The molecule has 0 atom stereocenters. The summed E-state index contributed by atoms with van der Waals surface area (Å²) in [4.78, 5) is 11.8. The highest BCUT2D eigenvalue weighted by Crippen LogP contribution is 2.17. The van der Waals surface area contributed by atoms with Gasteiger partial charge in [-0.3, -0.25) is 9.89 Å². The number of aromatic amines is 1. The molecule has 0 unspecified atom stereocenters. The Balaban J connectivity index is 1.80. The van der Waals surface area contributed by atoms with Crippen LogP contribution in [0.4, 0.5) is 0 Å². The number of aryl methyl sites for hydroxylation is 1. The van der Waals surface area contributed by atoms with E-state index in [1.807, 2.05) is 13.0 Å². The number of nitrogens with one attached hydrogen (secondary N) is 2. The van der Waals surface area contributed by atoms with Gasteiger partial charge in [-0.15, -0.1) is 0 Å². The van der Waals surface area contributed by atoms with Crippen LogP contribution < -0.4 is 5.32 Å². The number of rotatable bonds is 3. The number of H-pyrrole nitrogens is 1. The molecule has 94 valence electrons. The van der Waals surface area contributed by atoms with Gasteiger partial charge in [0.05, 0.1) is 12.1 Å². The van der Waals surface area contributed by atoms with Gasteiger partial charge in [-0.05, 0) is 25.8 Å². The van der Waals surface area contributed by atoms with E-state index in [0.29, 0.717) is 12.5 Å². The predicted molar refractivity (Wildman–Crippen MR) is 66.7 cm³/mol. The van der Waals surface area contributed by atoms with E-state index in [9.17, 15) is 4.79 Å². The number of hydrogen-bond donors (Lipinski definition) is 2. The lowest BCUT2D eigenvalue weighted by molar-refractivity contribution is -0.121. The van der Waals surface area contributed by atoms with E-state index in [1.54, 1.807) is 0 Å². The Kier molecular flexibility index (Phi) is 4.18. The number of carbonyl (C=O) groups excluding carboxylic acids is 1. The van der Waals surface area contributed by atoms with Gasteiger partial charge in [0.25, 0.3) is 0 Å². The van der Waals surface area contributed by atoms with E-state index < -0.39 is 0 Å². The number of hydrogen-bond acceptors (Lipinski definition) is 2. The first-order valence-electron chi connectivity index (χ1n) is 6.54. The molecule has 1 heterocycles. The highest BCUT2D eigenvalue weighted by atomic mass is 16.1. The molecular weight excluding hydrogens is 214 g/mol. The summed E-state index contributed by atoms with van der Waals surface area (Å²) in [7, 11) is 0. The zero-order chi connectivity index (χ0) is 12.1. The van der Waals surface area contributed by atoms with Crippen molar-refractivity contribution in [2.24, 2.45) is 0 Å². The topological polar surface area (TPSA) is 57.8 Å². The molecule has 1 saturated carbocycles. The average Bonchev–Trinajstić information content (AvgIpc) is 2.53. The normalized spacial score (nSPS) is 17.7. The molecule has 4 nitrogen and oxygen atoms in total. The molecular formula is C13H21N3O. The summed E-state index contributed by atoms with van der Waals surface area (Å²) in [6.07, 6.45) is 7.76. The molecule has 0 aromatic carbocycles. The van der Waals surface area contributed by atoms with Gasteiger partial charge in [0.15, 0.2) is 0 Å². The third-order valence-corrected chi connectivity index (χ3v) is 3.32. The second-order valence-electron chi connectivity index (χ2n) is 4.98. The minimum absolute atomic E-state index is 0.100. The van der Waals surface area contributed by atoms with Gasteiger partial charge in [0.1, 0.15) is 0 Å². The second kappa shape index (κ2) is 5.84. The van der Waals surface area contributed by atoms with Crippen LogP contribution in [0.3, 0.4) is 0 Å². The molecule has 1 aliphatic carbocycles. The summed E-state index contributed by atoms with van der Waals surface area (Å²) in [5.41, 5.74) is 1.83. The first kappa shape index (κ1) is 12.1. The van der Waals surface area contributed by atoms with E-state index in [1.165, 1.54) is 25.7 Å². The van der Waals surface area contributed by atoms with E-state index in [-0.39, 0.29) is 5.91 Å². The standard InChI is InChI=1S/C13H21N3O/c1-10-8-12(16-15-10)9-13(17)14-11-6-4-2-3-5-7-11/h8,11H,2-7,9H2,1H3,(H,14,17)(H,15,16). The number of nitrogens with zero attached hydrogens (tertiary/aromatic N) is 1. The van der Waals surface area contributed by atoms with Crippen molar-refractivity contribution in [3.63, 3.8) is 0 Å². The summed E-state index contributed by atoms with van der Waals surface area (Å²) in [6.45, 7) is 1.94. The van der Waals surface area contributed by atoms with Crippen LogP contribution >= 0.6 is 0 Å². The average molecular weight is 235 g/mol. The Bertz CT molecular complexity index is 364. The van der Waals surface area contributed by atoms with Gasteiger partial charge in [-0.2, -0.15) is 5.10 Å². The lowest BCUT2D eigenvalue weighted by atomic mass is 10.1. The van der Waals surface area contributed by atoms with Crippen LogP contribution in [0.2, 0.25) is 0 Å². The summed E-state index contributed by atoms with van der Waals surface area (Å²) >= 11 is 0. The van der Waals surface area contributed by atoms with Crippen molar-refractivity contribution in [1.82, 2.24) is 15.5 Å². The Morgan fingerprint density at radius 3 is 2.71 bits per heavy atom. The molecule has 2 N–H and O–H groups in total. The fraction of sp³-hybridized carbons (Fsp3) is 0.692. The number of aromatic nitrogens is 2. The molecule has 0 saturated heterocycles. The molecule has 0 radical (unpaired) electrons. The van der Waals surface area contributed by atoms with Crippen LogP contribution in [0.25, 0.3) is 0 Å². The summed E-state index contributed by atoms with van der Waals surface area (Å²) in [5, 5.41) is 10.1. The summed E-state index contributed by atoms with van der Waals surface area (Å²) in [5.74, 6) is 0.100. The highest BCUT2D eigenvalue weighted by molar-refractivity contribution is 5.78. The van der Waals surface area contributed by atoms with Gasteiger partial charge in [-0.1, -0.05) is 25.7 Å². The van der Waals surface area contributed by atoms with Gasteiger partial charge in [-0.25, -0.2) is 0 Å². The van der Waals surface area contributed by atoms with E-state index >= 15 is 0 Å². The lowest BCUT2D eigenvalue weighted by Crippen LogP contribution is -2.35. The molecule has 0 spiro atoms. The third-order valence-electron chi connectivity index (χ3n) is 3.32. The van der Waals surface area contributed by atoms with Gasteiger partial charge in [0, 0.05) is 11.7 Å².